The molecule has 0 aliphatic rings. The molecular weight excluding hydrogens is 248 g/mol. The molecule has 20 heavy (non-hydrogen) atoms. The number of hydrogen-bond donors (Lipinski definition) is 1. The first kappa shape index (κ1) is 14.4. The van der Waals surface area contributed by atoms with E-state index < -0.39 is 0 Å². The van der Waals surface area contributed by atoms with Crippen LogP contribution < -0.4 is 15.4 Å². The molecule has 0 aliphatic carbocycles. The Morgan fingerprint density at radius 2 is 1.90 bits per heavy atom. The number of benzene rings is 2. The second kappa shape index (κ2) is 6.44. The quantitative estimate of drug-likeness (QED) is 0.907. The van der Waals surface area contributed by atoms with Gasteiger partial charge in [-0.05, 0) is 42.3 Å². The van der Waals surface area contributed by atoms with Crippen molar-refractivity contribution in [3.05, 3.63) is 59.7 Å². The Morgan fingerprint density at radius 3 is 2.60 bits per heavy atom. The second-order valence-corrected chi connectivity index (χ2v) is 5.10. The molecule has 3 heteroatoms. The standard InChI is InChI=1S/C17H22N2O/c1-13-6-4-8-15(10-13)19(2)12-17(18)14-7-5-9-16(11-14)20-3/h4-11,17H,12,18H2,1-3H3. The van der Waals surface area contributed by atoms with Gasteiger partial charge in [-0.1, -0.05) is 24.3 Å². The summed E-state index contributed by atoms with van der Waals surface area (Å²) >= 11 is 0. The average Bonchev–Trinajstić information content (AvgIpc) is 2.47. The molecule has 0 saturated carbocycles. The zero-order chi connectivity index (χ0) is 14.5. The highest BCUT2D eigenvalue weighted by atomic mass is 16.5. The summed E-state index contributed by atoms with van der Waals surface area (Å²) in [6.45, 7) is 2.86. The van der Waals surface area contributed by atoms with Crippen molar-refractivity contribution in [3.63, 3.8) is 0 Å². The molecule has 2 aromatic carbocycles. The molecule has 0 spiro atoms. The molecule has 0 amide bonds. The summed E-state index contributed by atoms with van der Waals surface area (Å²) in [5, 5.41) is 0. The molecule has 2 aromatic rings. The number of aryl methyl sites for hydroxylation is 1. The highest BCUT2D eigenvalue weighted by molar-refractivity contribution is 5.48. The molecule has 0 fully saturated rings. The van der Waals surface area contributed by atoms with E-state index in [1.807, 2.05) is 24.3 Å². The van der Waals surface area contributed by atoms with E-state index in [1.54, 1.807) is 7.11 Å². The Balaban J connectivity index is 2.08. The van der Waals surface area contributed by atoms with E-state index in [2.05, 4.69) is 43.1 Å². The predicted octanol–water partition coefficient (Wildman–Crippen LogP) is 3.14. The van der Waals surface area contributed by atoms with E-state index in [4.69, 9.17) is 10.5 Å². The third-order valence-electron chi connectivity index (χ3n) is 3.43. The Labute approximate surface area is 121 Å². The van der Waals surface area contributed by atoms with Crippen LogP contribution in [0.25, 0.3) is 0 Å². The van der Waals surface area contributed by atoms with E-state index in [0.717, 1.165) is 17.9 Å². The van der Waals surface area contributed by atoms with E-state index in [1.165, 1.54) is 11.3 Å². The van der Waals surface area contributed by atoms with Gasteiger partial charge in [0.1, 0.15) is 5.75 Å². The normalized spacial score (nSPS) is 12.0. The van der Waals surface area contributed by atoms with Crippen molar-refractivity contribution >= 4 is 5.69 Å². The third-order valence-corrected chi connectivity index (χ3v) is 3.43. The van der Waals surface area contributed by atoms with Crippen LogP contribution in [0, 0.1) is 6.92 Å². The Bertz CT molecular complexity index is 568. The molecule has 2 N–H and O–H groups in total. The summed E-state index contributed by atoms with van der Waals surface area (Å²) in [5.41, 5.74) is 9.82. The molecular formula is C17H22N2O. The van der Waals surface area contributed by atoms with Gasteiger partial charge in [-0.2, -0.15) is 0 Å². The number of hydrogen-bond acceptors (Lipinski definition) is 3. The Kier molecular flexibility index (Phi) is 4.64. The van der Waals surface area contributed by atoms with Crippen LogP contribution in [0.3, 0.4) is 0 Å². The molecule has 0 aromatic heterocycles. The Hall–Kier alpha value is -2.00. The van der Waals surface area contributed by atoms with Crippen molar-refractivity contribution in [2.24, 2.45) is 5.73 Å². The molecule has 1 unspecified atom stereocenters. The summed E-state index contributed by atoms with van der Waals surface area (Å²) in [4.78, 5) is 2.18. The zero-order valence-corrected chi connectivity index (χ0v) is 12.3. The number of likely N-dealkylation sites (N-methyl/N-ethyl adjacent to an activating group) is 1. The van der Waals surface area contributed by atoms with Crippen LogP contribution in [0.4, 0.5) is 5.69 Å². The largest absolute Gasteiger partial charge is 0.497 e. The van der Waals surface area contributed by atoms with E-state index in [9.17, 15) is 0 Å². The number of rotatable bonds is 5. The van der Waals surface area contributed by atoms with Crippen LogP contribution in [0.5, 0.6) is 5.75 Å². The van der Waals surface area contributed by atoms with Crippen molar-refractivity contribution in [2.45, 2.75) is 13.0 Å². The van der Waals surface area contributed by atoms with E-state index in [0.29, 0.717) is 0 Å². The van der Waals surface area contributed by atoms with Gasteiger partial charge in [0.25, 0.3) is 0 Å². The van der Waals surface area contributed by atoms with E-state index in [-0.39, 0.29) is 6.04 Å². The van der Waals surface area contributed by atoms with Crippen molar-refractivity contribution in [3.8, 4) is 5.75 Å². The fourth-order valence-corrected chi connectivity index (χ4v) is 2.24. The maximum Gasteiger partial charge on any atom is 0.119 e. The van der Waals surface area contributed by atoms with Gasteiger partial charge in [-0.25, -0.2) is 0 Å². The minimum atomic E-state index is -0.0457. The minimum Gasteiger partial charge on any atom is -0.497 e. The van der Waals surface area contributed by atoms with Crippen LogP contribution in [0.1, 0.15) is 17.2 Å². The molecule has 0 heterocycles. The first-order valence-corrected chi connectivity index (χ1v) is 6.77. The van der Waals surface area contributed by atoms with Crippen molar-refractivity contribution in [1.82, 2.24) is 0 Å². The first-order chi connectivity index (χ1) is 9.60. The lowest BCUT2D eigenvalue weighted by atomic mass is 10.1. The van der Waals surface area contributed by atoms with Gasteiger partial charge < -0.3 is 15.4 Å². The van der Waals surface area contributed by atoms with Gasteiger partial charge in [0, 0.05) is 25.3 Å². The second-order valence-electron chi connectivity index (χ2n) is 5.10. The third kappa shape index (κ3) is 3.52. The van der Waals surface area contributed by atoms with Gasteiger partial charge in [-0.3, -0.25) is 0 Å². The molecule has 0 aliphatic heterocycles. The van der Waals surface area contributed by atoms with Crippen molar-refractivity contribution in [2.75, 3.05) is 25.6 Å². The SMILES string of the molecule is COc1cccc(C(N)CN(C)c2cccc(C)c2)c1. The predicted molar refractivity (Wildman–Crippen MR) is 84.4 cm³/mol. The average molecular weight is 270 g/mol. The molecule has 3 nitrogen and oxygen atoms in total. The smallest absolute Gasteiger partial charge is 0.119 e. The number of nitrogens with zero attached hydrogens (tertiary/aromatic N) is 1. The zero-order valence-electron chi connectivity index (χ0n) is 12.3. The van der Waals surface area contributed by atoms with E-state index >= 15 is 0 Å². The lowest BCUT2D eigenvalue weighted by Crippen LogP contribution is -2.29. The minimum absolute atomic E-state index is 0.0457. The van der Waals surface area contributed by atoms with Crippen LogP contribution in [-0.2, 0) is 0 Å². The summed E-state index contributed by atoms with van der Waals surface area (Å²) in [7, 11) is 3.73. The van der Waals surface area contributed by atoms with Crippen LogP contribution in [0.15, 0.2) is 48.5 Å². The number of anilines is 1. The summed E-state index contributed by atoms with van der Waals surface area (Å²) in [6.07, 6.45) is 0. The van der Waals surface area contributed by atoms with Crippen LogP contribution >= 0.6 is 0 Å². The molecule has 0 saturated heterocycles. The highest BCUT2D eigenvalue weighted by Crippen LogP contribution is 2.21. The Morgan fingerprint density at radius 1 is 1.15 bits per heavy atom. The summed E-state index contributed by atoms with van der Waals surface area (Å²) in [5.74, 6) is 0.844. The molecule has 106 valence electrons. The molecule has 1 atom stereocenters. The summed E-state index contributed by atoms with van der Waals surface area (Å²) in [6, 6.07) is 16.3. The molecule has 0 radical (unpaired) electrons. The van der Waals surface area contributed by atoms with Crippen LogP contribution in [0.2, 0.25) is 0 Å². The van der Waals surface area contributed by atoms with Gasteiger partial charge in [0.05, 0.1) is 7.11 Å². The highest BCUT2D eigenvalue weighted by Gasteiger charge is 2.10. The van der Waals surface area contributed by atoms with Crippen LogP contribution in [-0.4, -0.2) is 20.7 Å². The maximum atomic E-state index is 6.30. The van der Waals surface area contributed by atoms with Crippen molar-refractivity contribution in [1.29, 1.82) is 0 Å². The monoisotopic (exact) mass is 270 g/mol. The lowest BCUT2D eigenvalue weighted by Gasteiger charge is -2.24. The van der Waals surface area contributed by atoms with Gasteiger partial charge in [-0.15, -0.1) is 0 Å². The summed E-state index contributed by atoms with van der Waals surface area (Å²) < 4.78 is 5.24. The molecule has 2 rings (SSSR count). The maximum absolute atomic E-state index is 6.30. The number of methoxy groups -OCH3 is 1. The van der Waals surface area contributed by atoms with Gasteiger partial charge in [0.15, 0.2) is 0 Å². The van der Waals surface area contributed by atoms with Crippen molar-refractivity contribution < 1.29 is 4.74 Å². The number of nitrogens with two attached hydrogens (primary N) is 1. The van der Waals surface area contributed by atoms with Gasteiger partial charge >= 0.3 is 0 Å². The topological polar surface area (TPSA) is 38.5 Å². The fourth-order valence-electron chi connectivity index (χ4n) is 2.24. The molecule has 0 bridgehead atoms. The fraction of sp³-hybridized carbons (Fsp3) is 0.294. The lowest BCUT2D eigenvalue weighted by molar-refractivity contribution is 0.414. The first-order valence-electron chi connectivity index (χ1n) is 6.77. The number of ether oxygens (including phenoxy) is 1. The van der Waals surface area contributed by atoms with Gasteiger partial charge in [0.2, 0.25) is 0 Å².